The first kappa shape index (κ1) is 10.0. The molecule has 0 aromatic heterocycles. The van der Waals surface area contributed by atoms with Crippen molar-refractivity contribution in [1.29, 1.82) is 0 Å². The molecular weight excluding hydrogens is 148 g/mol. The number of hydrogen-bond acceptors (Lipinski definition) is 2. The molecule has 1 aliphatic heterocycles. The second-order valence-corrected chi connectivity index (χ2v) is 4.46. The molecule has 2 nitrogen and oxygen atoms in total. The van der Waals surface area contributed by atoms with Crippen LogP contribution in [0.2, 0.25) is 0 Å². The van der Waals surface area contributed by atoms with Gasteiger partial charge in [0.1, 0.15) is 0 Å². The quantitative estimate of drug-likeness (QED) is 0.585. The summed E-state index contributed by atoms with van der Waals surface area (Å²) in [4.78, 5) is 5.02. The number of hydrogen-bond donors (Lipinski definition) is 0. The van der Waals surface area contributed by atoms with Crippen LogP contribution in [0.25, 0.3) is 0 Å². The van der Waals surface area contributed by atoms with E-state index >= 15 is 0 Å². The molecule has 0 N–H and O–H groups in total. The fourth-order valence-corrected chi connectivity index (χ4v) is 1.94. The second kappa shape index (κ2) is 4.24. The highest BCUT2D eigenvalue weighted by atomic mass is 15.2. The molecule has 12 heavy (non-hydrogen) atoms. The van der Waals surface area contributed by atoms with E-state index in [2.05, 4.69) is 37.6 Å². The molecule has 0 bridgehead atoms. The van der Waals surface area contributed by atoms with Crippen LogP contribution in [-0.2, 0) is 0 Å². The molecule has 0 radical (unpaired) electrons. The van der Waals surface area contributed by atoms with Crippen molar-refractivity contribution in [2.45, 2.75) is 26.8 Å². The van der Waals surface area contributed by atoms with Gasteiger partial charge in [-0.2, -0.15) is 0 Å². The lowest BCUT2D eigenvalue weighted by Crippen LogP contribution is -2.35. The minimum absolute atomic E-state index is 0.707. The first-order valence-corrected chi connectivity index (χ1v) is 5.02. The zero-order chi connectivity index (χ0) is 9.14. The topological polar surface area (TPSA) is 6.48 Å². The van der Waals surface area contributed by atoms with Gasteiger partial charge in [-0.3, -0.25) is 4.90 Å². The molecule has 0 amide bonds. The van der Waals surface area contributed by atoms with E-state index in [0.29, 0.717) is 6.04 Å². The van der Waals surface area contributed by atoms with Crippen LogP contribution in [0.15, 0.2) is 0 Å². The average molecular weight is 170 g/mol. The zero-order valence-electron chi connectivity index (χ0n) is 8.88. The molecule has 0 aromatic carbocycles. The van der Waals surface area contributed by atoms with Gasteiger partial charge in [0.05, 0.1) is 0 Å². The van der Waals surface area contributed by atoms with Crippen molar-refractivity contribution in [1.82, 2.24) is 9.80 Å². The molecule has 1 fully saturated rings. The van der Waals surface area contributed by atoms with Crippen LogP contribution in [-0.4, -0.2) is 49.1 Å². The van der Waals surface area contributed by atoms with Crippen molar-refractivity contribution in [2.24, 2.45) is 5.92 Å². The normalized spacial score (nSPS) is 29.2. The summed E-state index contributed by atoms with van der Waals surface area (Å²) in [5.41, 5.74) is 0. The fourth-order valence-electron chi connectivity index (χ4n) is 1.94. The minimum Gasteiger partial charge on any atom is -0.305 e. The Balaban J connectivity index is 2.46. The van der Waals surface area contributed by atoms with Gasteiger partial charge in [0.15, 0.2) is 0 Å². The van der Waals surface area contributed by atoms with Gasteiger partial charge in [-0.15, -0.1) is 0 Å². The van der Waals surface area contributed by atoms with Crippen LogP contribution >= 0.6 is 0 Å². The predicted molar refractivity (Wildman–Crippen MR) is 53.4 cm³/mol. The van der Waals surface area contributed by atoms with Crippen LogP contribution in [0.3, 0.4) is 0 Å². The summed E-state index contributed by atoms with van der Waals surface area (Å²) in [7, 11) is 2.22. The van der Waals surface area contributed by atoms with Gasteiger partial charge in [0.2, 0.25) is 0 Å². The fraction of sp³-hybridized carbons (Fsp3) is 1.00. The van der Waals surface area contributed by atoms with Gasteiger partial charge in [-0.1, -0.05) is 6.92 Å². The highest BCUT2D eigenvalue weighted by Crippen LogP contribution is 2.09. The lowest BCUT2D eigenvalue weighted by Gasteiger charge is -2.25. The highest BCUT2D eigenvalue weighted by Gasteiger charge is 2.18. The van der Waals surface area contributed by atoms with Gasteiger partial charge in [-0.05, 0) is 26.8 Å². The number of rotatable bonds is 1. The van der Waals surface area contributed by atoms with Crippen molar-refractivity contribution in [3.63, 3.8) is 0 Å². The molecule has 72 valence electrons. The zero-order valence-corrected chi connectivity index (χ0v) is 8.88. The molecule has 1 aliphatic rings. The SMILES string of the molecule is CC1CN(C)CCN(C(C)C)C1. The van der Waals surface area contributed by atoms with Crippen molar-refractivity contribution >= 4 is 0 Å². The maximum atomic E-state index is 2.58. The molecule has 1 unspecified atom stereocenters. The average Bonchev–Trinajstić information content (AvgIpc) is 2.11. The van der Waals surface area contributed by atoms with Gasteiger partial charge in [-0.25, -0.2) is 0 Å². The van der Waals surface area contributed by atoms with Gasteiger partial charge < -0.3 is 4.90 Å². The van der Waals surface area contributed by atoms with Gasteiger partial charge >= 0.3 is 0 Å². The van der Waals surface area contributed by atoms with Gasteiger partial charge in [0.25, 0.3) is 0 Å². The van der Waals surface area contributed by atoms with Gasteiger partial charge in [0, 0.05) is 32.2 Å². The third-order valence-corrected chi connectivity index (χ3v) is 2.67. The molecule has 1 atom stereocenters. The Morgan fingerprint density at radius 2 is 1.83 bits per heavy atom. The van der Waals surface area contributed by atoms with Crippen LogP contribution in [0.1, 0.15) is 20.8 Å². The molecule has 0 aromatic rings. The van der Waals surface area contributed by atoms with Crippen molar-refractivity contribution in [3.05, 3.63) is 0 Å². The third kappa shape index (κ3) is 2.76. The summed E-state index contributed by atoms with van der Waals surface area (Å²) < 4.78 is 0. The van der Waals surface area contributed by atoms with E-state index in [1.807, 2.05) is 0 Å². The highest BCUT2D eigenvalue weighted by molar-refractivity contribution is 4.74. The largest absolute Gasteiger partial charge is 0.305 e. The molecule has 0 spiro atoms. The van der Waals surface area contributed by atoms with Crippen molar-refractivity contribution in [3.8, 4) is 0 Å². The first-order valence-electron chi connectivity index (χ1n) is 5.02. The first-order chi connectivity index (χ1) is 5.59. The van der Waals surface area contributed by atoms with Crippen LogP contribution < -0.4 is 0 Å². The third-order valence-electron chi connectivity index (χ3n) is 2.67. The van der Waals surface area contributed by atoms with Crippen molar-refractivity contribution in [2.75, 3.05) is 33.2 Å². The Hall–Kier alpha value is -0.0800. The molecule has 0 saturated carbocycles. The van der Waals surface area contributed by atoms with E-state index in [4.69, 9.17) is 0 Å². The maximum Gasteiger partial charge on any atom is 0.0112 e. The maximum absolute atomic E-state index is 2.58. The monoisotopic (exact) mass is 170 g/mol. The molecular formula is C10H22N2. The van der Waals surface area contributed by atoms with Crippen LogP contribution in [0, 0.1) is 5.92 Å². The summed E-state index contributed by atoms with van der Waals surface area (Å²) in [6.45, 7) is 11.9. The smallest absolute Gasteiger partial charge is 0.0112 e. The molecule has 2 heteroatoms. The van der Waals surface area contributed by atoms with E-state index in [9.17, 15) is 0 Å². The standard InChI is InChI=1S/C10H22N2/c1-9(2)12-6-5-11(4)7-10(3)8-12/h9-10H,5-8H2,1-4H3. The van der Waals surface area contributed by atoms with Crippen LogP contribution in [0.4, 0.5) is 0 Å². The Bertz CT molecular complexity index is 134. The summed E-state index contributed by atoms with van der Waals surface area (Å²) >= 11 is 0. The Morgan fingerprint density at radius 1 is 1.17 bits per heavy atom. The van der Waals surface area contributed by atoms with E-state index in [-0.39, 0.29) is 0 Å². The van der Waals surface area contributed by atoms with E-state index in [1.54, 1.807) is 0 Å². The summed E-state index contributed by atoms with van der Waals surface area (Å²) in [6, 6.07) is 0.707. The van der Waals surface area contributed by atoms with E-state index in [1.165, 1.54) is 26.2 Å². The summed E-state index contributed by atoms with van der Waals surface area (Å²) in [5.74, 6) is 0.819. The lowest BCUT2D eigenvalue weighted by molar-refractivity contribution is 0.214. The molecule has 0 aliphatic carbocycles. The molecule has 1 heterocycles. The van der Waals surface area contributed by atoms with E-state index < -0.39 is 0 Å². The second-order valence-electron chi connectivity index (χ2n) is 4.46. The Morgan fingerprint density at radius 3 is 2.42 bits per heavy atom. The molecule has 1 rings (SSSR count). The number of nitrogens with zero attached hydrogens (tertiary/aromatic N) is 2. The van der Waals surface area contributed by atoms with Crippen molar-refractivity contribution < 1.29 is 0 Å². The number of likely N-dealkylation sites (N-methyl/N-ethyl adjacent to an activating group) is 1. The summed E-state index contributed by atoms with van der Waals surface area (Å²) in [6.07, 6.45) is 0. The van der Waals surface area contributed by atoms with E-state index in [0.717, 1.165) is 5.92 Å². The molecule has 1 saturated heterocycles. The Kier molecular flexibility index (Phi) is 3.53. The predicted octanol–water partition coefficient (Wildman–Crippen LogP) is 1.28. The van der Waals surface area contributed by atoms with Crippen LogP contribution in [0.5, 0.6) is 0 Å². The summed E-state index contributed by atoms with van der Waals surface area (Å²) in [5, 5.41) is 0. The minimum atomic E-state index is 0.707. The lowest BCUT2D eigenvalue weighted by atomic mass is 10.1. The Labute approximate surface area is 76.5 Å².